The van der Waals surface area contributed by atoms with E-state index in [9.17, 15) is 8.60 Å². The van der Waals surface area contributed by atoms with Crippen LogP contribution in [0.15, 0.2) is 50.2 Å². The summed E-state index contributed by atoms with van der Waals surface area (Å²) in [6, 6.07) is 9.61. The van der Waals surface area contributed by atoms with E-state index in [-0.39, 0.29) is 11.6 Å². The molecular formula is C13H10Br2FNOS. The lowest BCUT2D eigenvalue weighted by Crippen LogP contribution is -1.99. The van der Waals surface area contributed by atoms with Crippen molar-refractivity contribution in [3.63, 3.8) is 0 Å². The summed E-state index contributed by atoms with van der Waals surface area (Å²) in [6.07, 6.45) is 0. The zero-order valence-electron chi connectivity index (χ0n) is 9.70. The molecule has 0 aromatic heterocycles. The van der Waals surface area contributed by atoms with Crippen LogP contribution in [0.25, 0.3) is 0 Å². The largest absolute Gasteiger partial charge is 0.399 e. The van der Waals surface area contributed by atoms with Crippen LogP contribution in [0.2, 0.25) is 0 Å². The Bertz CT molecular complexity index is 628. The van der Waals surface area contributed by atoms with Crippen LogP contribution in [0.1, 0.15) is 5.56 Å². The molecule has 0 radical (unpaired) electrons. The predicted molar refractivity (Wildman–Crippen MR) is 82.8 cm³/mol. The highest BCUT2D eigenvalue weighted by atomic mass is 79.9. The lowest BCUT2D eigenvalue weighted by Gasteiger charge is -2.06. The van der Waals surface area contributed by atoms with Crippen molar-refractivity contribution in [3.8, 4) is 0 Å². The summed E-state index contributed by atoms with van der Waals surface area (Å²) in [6.45, 7) is 0. The Kier molecular flexibility index (Phi) is 4.76. The number of nitrogens with two attached hydrogens (primary N) is 1. The highest BCUT2D eigenvalue weighted by Crippen LogP contribution is 2.25. The molecule has 6 heteroatoms. The van der Waals surface area contributed by atoms with Gasteiger partial charge in [0, 0.05) is 14.6 Å². The average Bonchev–Trinajstić information content (AvgIpc) is 2.26. The van der Waals surface area contributed by atoms with E-state index in [0.29, 0.717) is 25.1 Å². The minimum atomic E-state index is -1.26. The topological polar surface area (TPSA) is 43.1 Å². The Morgan fingerprint density at radius 1 is 1.16 bits per heavy atom. The minimum Gasteiger partial charge on any atom is -0.399 e. The molecule has 0 saturated heterocycles. The fraction of sp³-hybridized carbons (Fsp3) is 0.0769. The molecular weight excluding hydrogens is 397 g/mol. The number of anilines is 1. The molecule has 1 atom stereocenters. The monoisotopic (exact) mass is 405 g/mol. The SMILES string of the molecule is Nc1ccc(S(=O)Cc2cc(F)cc(Br)c2)c(Br)c1. The van der Waals surface area contributed by atoms with Crippen molar-refractivity contribution in [2.45, 2.75) is 10.6 Å². The second-order valence-corrected chi connectivity index (χ2v) is 7.15. The summed E-state index contributed by atoms with van der Waals surface area (Å²) in [4.78, 5) is 0.648. The van der Waals surface area contributed by atoms with Crippen LogP contribution in [0.5, 0.6) is 0 Å². The van der Waals surface area contributed by atoms with Gasteiger partial charge < -0.3 is 5.73 Å². The summed E-state index contributed by atoms with van der Waals surface area (Å²) in [5.74, 6) is -0.100. The second-order valence-electron chi connectivity index (χ2n) is 3.96. The van der Waals surface area contributed by atoms with Gasteiger partial charge >= 0.3 is 0 Å². The number of benzene rings is 2. The smallest absolute Gasteiger partial charge is 0.124 e. The van der Waals surface area contributed by atoms with Crippen molar-refractivity contribution in [1.82, 2.24) is 0 Å². The van der Waals surface area contributed by atoms with Gasteiger partial charge in [-0.1, -0.05) is 15.9 Å². The molecule has 0 aliphatic carbocycles. The maximum Gasteiger partial charge on any atom is 0.124 e. The molecule has 0 spiro atoms. The Balaban J connectivity index is 2.25. The number of rotatable bonds is 3. The van der Waals surface area contributed by atoms with Crippen molar-refractivity contribution in [1.29, 1.82) is 0 Å². The zero-order chi connectivity index (χ0) is 14.0. The van der Waals surface area contributed by atoms with Gasteiger partial charge in [0.25, 0.3) is 0 Å². The molecule has 0 aliphatic rings. The van der Waals surface area contributed by atoms with Gasteiger partial charge in [-0.25, -0.2) is 4.39 Å². The van der Waals surface area contributed by atoms with Gasteiger partial charge in [0.2, 0.25) is 0 Å². The molecule has 1 unspecified atom stereocenters. The summed E-state index contributed by atoms with van der Waals surface area (Å²) in [5, 5.41) is 0. The van der Waals surface area contributed by atoms with Crippen LogP contribution in [0.4, 0.5) is 10.1 Å². The number of halogens is 3. The Morgan fingerprint density at radius 3 is 2.53 bits per heavy atom. The summed E-state index contributed by atoms with van der Waals surface area (Å²) in [5.41, 5.74) is 6.91. The molecule has 0 amide bonds. The quantitative estimate of drug-likeness (QED) is 0.774. The minimum absolute atomic E-state index is 0.249. The van der Waals surface area contributed by atoms with Gasteiger partial charge in [-0.3, -0.25) is 4.21 Å². The molecule has 19 heavy (non-hydrogen) atoms. The van der Waals surface area contributed by atoms with Gasteiger partial charge in [-0.2, -0.15) is 0 Å². The molecule has 0 bridgehead atoms. The molecule has 2 rings (SSSR count). The van der Waals surface area contributed by atoms with Crippen molar-refractivity contribution in [3.05, 3.63) is 56.7 Å². The van der Waals surface area contributed by atoms with E-state index < -0.39 is 10.8 Å². The highest BCUT2D eigenvalue weighted by Gasteiger charge is 2.10. The Labute approximate surface area is 129 Å². The van der Waals surface area contributed by atoms with Gasteiger partial charge in [-0.05, 0) is 57.9 Å². The van der Waals surface area contributed by atoms with Crippen LogP contribution in [0, 0.1) is 5.82 Å². The first-order valence-corrected chi connectivity index (χ1v) is 8.24. The molecule has 2 nitrogen and oxygen atoms in total. The van der Waals surface area contributed by atoms with Crippen molar-refractivity contribution in [2.75, 3.05) is 5.73 Å². The highest BCUT2D eigenvalue weighted by molar-refractivity contribution is 9.10. The lowest BCUT2D eigenvalue weighted by molar-refractivity contribution is 0.625. The fourth-order valence-electron chi connectivity index (χ4n) is 1.63. The molecule has 0 fully saturated rings. The number of hydrogen-bond donors (Lipinski definition) is 1. The predicted octanol–water partition coefficient (Wildman–Crippen LogP) is 4.24. The molecule has 0 saturated carbocycles. The third kappa shape index (κ3) is 3.87. The van der Waals surface area contributed by atoms with Crippen LogP contribution in [0.3, 0.4) is 0 Å². The molecule has 0 aliphatic heterocycles. The maximum atomic E-state index is 13.3. The fourth-order valence-corrected chi connectivity index (χ4v) is 4.20. The third-order valence-electron chi connectivity index (χ3n) is 2.42. The molecule has 2 aromatic rings. The normalized spacial score (nSPS) is 12.4. The van der Waals surface area contributed by atoms with Crippen LogP contribution in [-0.4, -0.2) is 4.21 Å². The van der Waals surface area contributed by atoms with Gasteiger partial charge in [0.05, 0.1) is 21.4 Å². The zero-order valence-corrected chi connectivity index (χ0v) is 13.7. The molecule has 0 heterocycles. The first-order valence-electron chi connectivity index (χ1n) is 5.34. The Hall–Kier alpha value is -0.720. The maximum absolute atomic E-state index is 13.3. The second kappa shape index (κ2) is 6.15. The lowest BCUT2D eigenvalue weighted by atomic mass is 10.2. The van der Waals surface area contributed by atoms with Crippen molar-refractivity contribution < 1.29 is 8.60 Å². The first kappa shape index (κ1) is 14.7. The van der Waals surface area contributed by atoms with Crippen molar-refractivity contribution in [2.24, 2.45) is 0 Å². The summed E-state index contributed by atoms with van der Waals surface area (Å²) < 4.78 is 26.9. The molecule has 2 N–H and O–H groups in total. The number of hydrogen-bond acceptors (Lipinski definition) is 2. The van der Waals surface area contributed by atoms with E-state index in [0.717, 1.165) is 0 Å². The van der Waals surface area contributed by atoms with E-state index in [1.54, 1.807) is 24.3 Å². The average molecular weight is 407 g/mol. The van der Waals surface area contributed by atoms with Gasteiger partial charge in [-0.15, -0.1) is 0 Å². The van der Waals surface area contributed by atoms with E-state index in [4.69, 9.17) is 5.73 Å². The van der Waals surface area contributed by atoms with Gasteiger partial charge in [0.1, 0.15) is 5.82 Å². The van der Waals surface area contributed by atoms with Gasteiger partial charge in [0.15, 0.2) is 0 Å². The Morgan fingerprint density at radius 2 is 1.89 bits per heavy atom. The van der Waals surface area contributed by atoms with E-state index >= 15 is 0 Å². The van der Waals surface area contributed by atoms with E-state index in [1.807, 2.05) is 0 Å². The summed E-state index contributed by atoms with van der Waals surface area (Å²) in [7, 11) is -1.26. The van der Waals surface area contributed by atoms with Crippen molar-refractivity contribution >= 4 is 48.3 Å². The van der Waals surface area contributed by atoms with E-state index in [2.05, 4.69) is 31.9 Å². The van der Waals surface area contributed by atoms with E-state index in [1.165, 1.54) is 12.1 Å². The number of nitrogen functional groups attached to an aromatic ring is 1. The standard InChI is InChI=1S/C13H10Br2FNOS/c14-9-3-8(4-10(16)5-9)7-19(18)13-2-1-11(17)6-12(13)15/h1-6H,7,17H2. The van der Waals surface area contributed by atoms with Crippen LogP contribution < -0.4 is 5.73 Å². The third-order valence-corrected chi connectivity index (χ3v) is 5.24. The van der Waals surface area contributed by atoms with Crippen LogP contribution in [-0.2, 0) is 16.6 Å². The van der Waals surface area contributed by atoms with Crippen LogP contribution >= 0.6 is 31.9 Å². The molecule has 2 aromatic carbocycles. The first-order chi connectivity index (χ1) is 8.95. The summed E-state index contributed by atoms with van der Waals surface area (Å²) >= 11 is 6.55. The molecule has 100 valence electrons.